The van der Waals surface area contributed by atoms with Crippen LogP contribution in [-0.4, -0.2) is 11.6 Å². The zero-order chi connectivity index (χ0) is 15.2. The van der Waals surface area contributed by atoms with Crippen molar-refractivity contribution in [3.8, 4) is 0 Å². The molecular formula is C17H28BrNO. The lowest BCUT2D eigenvalue weighted by Crippen LogP contribution is -2.35. The minimum absolute atomic E-state index is 0.143. The fourth-order valence-electron chi connectivity index (χ4n) is 1.91. The quantitative estimate of drug-likeness (QED) is 0.749. The highest BCUT2D eigenvalue weighted by Gasteiger charge is 2.09. The summed E-state index contributed by atoms with van der Waals surface area (Å²) in [5.74, 6) is 0. The van der Waals surface area contributed by atoms with Crippen molar-refractivity contribution in [2.45, 2.75) is 72.3 Å². The molecule has 0 spiro atoms. The normalized spacial score (nSPS) is 13.5. The predicted octanol–water partition coefficient (Wildman–Crippen LogP) is 5.04. The molecule has 0 aliphatic rings. The summed E-state index contributed by atoms with van der Waals surface area (Å²) in [4.78, 5) is 0. The van der Waals surface area contributed by atoms with Gasteiger partial charge in [-0.15, -0.1) is 0 Å². The van der Waals surface area contributed by atoms with Crippen molar-refractivity contribution >= 4 is 15.9 Å². The van der Waals surface area contributed by atoms with E-state index in [0.29, 0.717) is 12.7 Å². The van der Waals surface area contributed by atoms with E-state index in [0.717, 1.165) is 17.4 Å². The molecule has 1 rings (SSSR count). The minimum atomic E-state index is 0.143. The molecule has 1 aromatic carbocycles. The molecule has 0 radical (unpaired) electrons. The molecule has 1 N–H and O–H groups in total. The number of benzene rings is 1. The van der Waals surface area contributed by atoms with Gasteiger partial charge in [-0.25, -0.2) is 0 Å². The number of hydrogen-bond acceptors (Lipinski definition) is 2. The Morgan fingerprint density at radius 3 is 2.55 bits per heavy atom. The van der Waals surface area contributed by atoms with Crippen LogP contribution in [0.2, 0.25) is 0 Å². The van der Waals surface area contributed by atoms with Gasteiger partial charge in [-0.05, 0) is 51.3 Å². The van der Waals surface area contributed by atoms with Gasteiger partial charge in [0.2, 0.25) is 0 Å². The molecule has 0 amide bonds. The van der Waals surface area contributed by atoms with Crippen LogP contribution in [0.3, 0.4) is 0 Å². The fourth-order valence-corrected chi connectivity index (χ4v) is 2.45. The third kappa shape index (κ3) is 6.87. The maximum Gasteiger partial charge on any atom is 0.0731 e. The first-order valence-electron chi connectivity index (χ1n) is 7.45. The highest BCUT2D eigenvalue weighted by Crippen LogP contribution is 2.21. The first-order valence-corrected chi connectivity index (χ1v) is 8.25. The smallest absolute Gasteiger partial charge is 0.0731 e. The molecular weight excluding hydrogens is 314 g/mol. The maximum absolute atomic E-state index is 5.86. The van der Waals surface area contributed by atoms with Gasteiger partial charge in [0, 0.05) is 16.6 Å². The first kappa shape index (κ1) is 17.7. The molecule has 0 heterocycles. The Bertz CT molecular complexity index is 412. The van der Waals surface area contributed by atoms with Crippen LogP contribution in [0.5, 0.6) is 0 Å². The van der Waals surface area contributed by atoms with E-state index >= 15 is 0 Å². The Morgan fingerprint density at radius 1 is 1.30 bits per heavy atom. The predicted molar refractivity (Wildman–Crippen MR) is 89.9 cm³/mol. The van der Waals surface area contributed by atoms with E-state index in [1.54, 1.807) is 0 Å². The molecule has 0 saturated heterocycles. The second-order valence-corrected chi connectivity index (χ2v) is 7.29. The highest BCUT2D eigenvalue weighted by molar-refractivity contribution is 9.10. The summed E-state index contributed by atoms with van der Waals surface area (Å²) in [6.07, 6.45) is 2.61. The molecule has 1 aromatic rings. The highest BCUT2D eigenvalue weighted by atomic mass is 79.9. The Kier molecular flexibility index (Phi) is 7.21. The molecule has 0 aliphatic heterocycles. The molecule has 0 bridgehead atoms. The van der Waals surface area contributed by atoms with Crippen LogP contribution in [0.1, 0.15) is 58.6 Å². The van der Waals surface area contributed by atoms with Gasteiger partial charge in [-0.3, -0.25) is 0 Å². The zero-order valence-electron chi connectivity index (χ0n) is 13.4. The van der Waals surface area contributed by atoms with Crippen LogP contribution in [0.4, 0.5) is 0 Å². The van der Waals surface area contributed by atoms with E-state index in [4.69, 9.17) is 4.74 Å². The second-order valence-electron chi connectivity index (χ2n) is 6.44. The van der Waals surface area contributed by atoms with Gasteiger partial charge in [0.05, 0.1) is 12.7 Å². The minimum Gasteiger partial charge on any atom is -0.374 e. The van der Waals surface area contributed by atoms with Crippen molar-refractivity contribution < 1.29 is 4.74 Å². The largest absolute Gasteiger partial charge is 0.374 e. The lowest BCUT2D eigenvalue weighted by Gasteiger charge is -2.21. The molecule has 20 heavy (non-hydrogen) atoms. The number of nitrogens with one attached hydrogen (secondary N) is 1. The summed E-state index contributed by atoms with van der Waals surface area (Å²) in [7, 11) is 0. The van der Waals surface area contributed by atoms with Gasteiger partial charge >= 0.3 is 0 Å². The van der Waals surface area contributed by atoms with Gasteiger partial charge in [0.15, 0.2) is 0 Å². The van der Waals surface area contributed by atoms with Gasteiger partial charge in [-0.1, -0.05) is 41.4 Å². The van der Waals surface area contributed by atoms with Crippen LogP contribution in [0.15, 0.2) is 22.7 Å². The molecule has 0 aromatic heterocycles. The van der Waals surface area contributed by atoms with E-state index in [1.165, 1.54) is 17.5 Å². The standard InChI is InChI=1S/C17H28BrNO/c1-6-7-13(2)20-12-15-9-8-14(10-16(15)18)11-19-17(3,4)5/h8-10,13,19H,6-7,11-12H2,1-5H3. The van der Waals surface area contributed by atoms with Crippen LogP contribution in [-0.2, 0) is 17.9 Å². The van der Waals surface area contributed by atoms with E-state index in [1.807, 2.05) is 0 Å². The SMILES string of the molecule is CCCC(C)OCc1ccc(CNC(C)(C)C)cc1Br. The third-order valence-electron chi connectivity index (χ3n) is 3.16. The third-order valence-corrected chi connectivity index (χ3v) is 3.90. The molecule has 0 saturated carbocycles. The number of rotatable bonds is 7. The monoisotopic (exact) mass is 341 g/mol. The molecule has 2 nitrogen and oxygen atoms in total. The molecule has 0 fully saturated rings. The summed E-state index contributed by atoms with van der Waals surface area (Å²) < 4.78 is 6.99. The Hall–Kier alpha value is -0.380. The molecule has 114 valence electrons. The molecule has 1 atom stereocenters. The van der Waals surface area contributed by atoms with E-state index < -0.39 is 0 Å². The summed E-state index contributed by atoms with van der Waals surface area (Å²) in [5.41, 5.74) is 2.65. The van der Waals surface area contributed by atoms with Crippen molar-refractivity contribution in [1.82, 2.24) is 5.32 Å². The van der Waals surface area contributed by atoms with Gasteiger partial charge in [0.1, 0.15) is 0 Å². The number of hydrogen-bond donors (Lipinski definition) is 1. The lowest BCUT2D eigenvalue weighted by molar-refractivity contribution is 0.0468. The molecule has 1 unspecified atom stereocenters. The van der Waals surface area contributed by atoms with Crippen molar-refractivity contribution in [2.75, 3.05) is 0 Å². The number of ether oxygens (including phenoxy) is 1. The van der Waals surface area contributed by atoms with E-state index in [-0.39, 0.29) is 5.54 Å². The molecule has 3 heteroatoms. The van der Waals surface area contributed by atoms with Crippen LogP contribution >= 0.6 is 15.9 Å². The zero-order valence-corrected chi connectivity index (χ0v) is 15.0. The Labute approximate surface area is 132 Å². The summed E-state index contributed by atoms with van der Waals surface area (Å²) in [6.45, 7) is 12.4. The van der Waals surface area contributed by atoms with Crippen LogP contribution in [0.25, 0.3) is 0 Å². The van der Waals surface area contributed by atoms with Crippen molar-refractivity contribution in [3.63, 3.8) is 0 Å². The topological polar surface area (TPSA) is 21.3 Å². The van der Waals surface area contributed by atoms with Gasteiger partial charge in [0.25, 0.3) is 0 Å². The second kappa shape index (κ2) is 8.16. The van der Waals surface area contributed by atoms with Crippen LogP contribution < -0.4 is 5.32 Å². The first-order chi connectivity index (χ1) is 9.31. The lowest BCUT2D eigenvalue weighted by atomic mass is 10.1. The van der Waals surface area contributed by atoms with E-state index in [9.17, 15) is 0 Å². The van der Waals surface area contributed by atoms with Gasteiger partial charge < -0.3 is 10.1 Å². The average molecular weight is 342 g/mol. The Balaban J connectivity index is 2.55. The van der Waals surface area contributed by atoms with Crippen molar-refractivity contribution in [2.24, 2.45) is 0 Å². The summed E-state index contributed by atoms with van der Waals surface area (Å²) in [5, 5.41) is 3.50. The summed E-state index contributed by atoms with van der Waals surface area (Å²) >= 11 is 3.65. The fraction of sp³-hybridized carbons (Fsp3) is 0.647. The Morgan fingerprint density at radius 2 is 2.00 bits per heavy atom. The van der Waals surface area contributed by atoms with E-state index in [2.05, 4.69) is 74.1 Å². The maximum atomic E-state index is 5.86. The molecule has 0 aliphatic carbocycles. The van der Waals surface area contributed by atoms with Gasteiger partial charge in [-0.2, -0.15) is 0 Å². The summed E-state index contributed by atoms with van der Waals surface area (Å²) in [6, 6.07) is 6.51. The van der Waals surface area contributed by atoms with Crippen molar-refractivity contribution in [3.05, 3.63) is 33.8 Å². The average Bonchev–Trinajstić information content (AvgIpc) is 2.34. The van der Waals surface area contributed by atoms with Crippen molar-refractivity contribution in [1.29, 1.82) is 0 Å². The number of halogens is 1. The van der Waals surface area contributed by atoms with Crippen LogP contribution in [0, 0.1) is 0 Å².